The fraction of sp³-hybridized carbons (Fsp3) is 0.429. The van der Waals surface area contributed by atoms with Gasteiger partial charge in [-0.25, -0.2) is 4.98 Å². The normalized spacial score (nSPS) is 12.0. The third-order valence-corrected chi connectivity index (χ3v) is 5.12. The number of thiazole rings is 1. The van der Waals surface area contributed by atoms with Crippen LogP contribution in [-0.2, 0) is 9.59 Å². The lowest BCUT2D eigenvalue weighted by Gasteiger charge is -2.09. The van der Waals surface area contributed by atoms with E-state index < -0.39 is 5.25 Å². The van der Waals surface area contributed by atoms with E-state index in [4.69, 9.17) is 4.52 Å². The second-order valence-corrected chi connectivity index (χ2v) is 7.51. The standard InChI is InChI=1S/C14H18N4O3S2/c1-7-5-11(18-21-7)16-13(20)10(4)22-6-12(19)17-14-15-8(2)9(3)23-14/h5,10H,6H2,1-4H3,(H,15,17,19)(H,16,18,20). The van der Waals surface area contributed by atoms with Crippen LogP contribution in [0.15, 0.2) is 10.6 Å². The summed E-state index contributed by atoms with van der Waals surface area (Å²) in [5, 5.41) is 9.27. The van der Waals surface area contributed by atoms with Gasteiger partial charge >= 0.3 is 0 Å². The van der Waals surface area contributed by atoms with Crippen LogP contribution in [-0.4, -0.2) is 33.0 Å². The van der Waals surface area contributed by atoms with Crippen molar-refractivity contribution >= 4 is 45.9 Å². The highest BCUT2D eigenvalue weighted by Crippen LogP contribution is 2.21. The molecule has 0 fully saturated rings. The zero-order valence-electron chi connectivity index (χ0n) is 13.3. The van der Waals surface area contributed by atoms with Gasteiger partial charge in [0.1, 0.15) is 5.76 Å². The van der Waals surface area contributed by atoms with Crippen molar-refractivity contribution < 1.29 is 14.1 Å². The number of nitrogens with zero attached hydrogens (tertiary/aromatic N) is 2. The summed E-state index contributed by atoms with van der Waals surface area (Å²) in [7, 11) is 0. The number of anilines is 2. The van der Waals surface area contributed by atoms with E-state index >= 15 is 0 Å². The van der Waals surface area contributed by atoms with Crippen LogP contribution in [0, 0.1) is 20.8 Å². The van der Waals surface area contributed by atoms with Gasteiger partial charge in [0.2, 0.25) is 11.8 Å². The van der Waals surface area contributed by atoms with Crippen molar-refractivity contribution in [3.05, 3.63) is 22.4 Å². The molecular weight excluding hydrogens is 336 g/mol. The molecule has 0 bridgehead atoms. The molecule has 2 aromatic heterocycles. The monoisotopic (exact) mass is 354 g/mol. The summed E-state index contributed by atoms with van der Waals surface area (Å²) >= 11 is 2.68. The third-order valence-electron chi connectivity index (χ3n) is 2.99. The van der Waals surface area contributed by atoms with Crippen molar-refractivity contribution in [1.82, 2.24) is 10.1 Å². The van der Waals surface area contributed by atoms with E-state index in [0.717, 1.165) is 10.6 Å². The smallest absolute Gasteiger partial charge is 0.238 e. The summed E-state index contributed by atoms with van der Waals surface area (Å²) in [6.45, 7) is 7.33. The van der Waals surface area contributed by atoms with Crippen molar-refractivity contribution in [3.8, 4) is 0 Å². The summed E-state index contributed by atoms with van der Waals surface area (Å²) < 4.78 is 4.88. The maximum Gasteiger partial charge on any atom is 0.238 e. The number of hydrogen-bond acceptors (Lipinski definition) is 7. The fourth-order valence-corrected chi connectivity index (χ4v) is 3.13. The average molecular weight is 354 g/mol. The number of carbonyl (C=O) groups is 2. The van der Waals surface area contributed by atoms with E-state index in [1.807, 2.05) is 13.8 Å². The van der Waals surface area contributed by atoms with Crippen LogP contribution in [0.3, 0.4) is 0 Å². The van der Waals surface area contributed by atoms with Gasteiger partial charge < -0.3 is 15.2 Å². The highest BCUT2D eigenvalue weighted by Gasteiger charge is 2.17. The second-order valence-electron chi connectivity index (χ2n) is 4.97. The first kappa shape index (κ1) is 17.5. The Hall–Kier alpha value is -1.87. The predicted molar refractivity (Wildman–Crippen MR) is 92.0 cm³/mol. The van der Waals surface area contributed by atoms with Gasteiger partial charge in [0.05, 0.1) is 16.7 Å². The molecule has 124 valence electrons. The first-order chi connectivity index (χ1) is 10.8. The molecule has 0 aromatic carbocycles. The Bertz CT molecular complexity index is 691. The van der Waals surface area contributed by atoms with E-state index in [0.29, 0.717) is 16.7 Å². The first-order valence-electron chi connectivity index (χ1n) is 6.95. The highest BCUT2D eigenvalue weighted by atomic mass is 32.2. The van der Waals surface area contributed by atoms with Gasteiger partial charge in [-0.1, -0.05) is 5.16 Å². The molecule has 2 heterocycles. The highest BCUT2D eigenvalue weighted by molar-refractivity contribution is 8.01. The summed E-state index contributed by atoms with van der Waals surface area (Å²) in [4.78, 5) is 29.2. The van der Waals surface area contributed by atoms with Crippen LogP contribution >= 0.6 is 23.1 Å². The van der Waals surface area contributed by atoms with Gasteiger partial charge in [-0.05, 0) is 27.7 Å². The number of rotatable bonds is 6. The van der Waals surface area contributed by atoms with Crippen LogP contribution in [0.25, 0.3) is 0 Å². The summed E-state index contributed by atoms with van der Waals surface area (Å²) in [5.41, 5.74) is 0.911. The van der Waals surface area contributed by atoms with Crippen molar-refractivity contribution in [2.75, 3.05) is 16.4 Å². The Kier molecular flexibility index (Phi) is 5.78. The minimum absolute atomic E-state index is 0.171. The lowest BCUT2D eigenvalue weighted by atomic mass is 10.4. The Morgan fingerprint density at radius 1 is 1.35 bits per heavy atom. The van der Waals surface area contributed by atoms with E-state index in [1.54, 1.807) is 19.9 Å². The predicted octanol–water partition coefficient (Wildman–Crippen LogP) is 2.76. The molecule has 2 aromatic rings. The molecule has 7 nitrogen and oxygen atoms in total. The topological polar surface area (TPSA) is 97.1 Å². The van der Waals surface area contributed by atoms with E-state index in [1.165, 1.54) is 23.1 Å². The molecule has 0 radical (unpaired) electrons. The number of nitrogens with one attached hydrogen (secondary N) is 2. The lowest BCUT2D eigenvalue weighted by Crippen LogP contribution is -2.25. The Labute approximate surface area is 142 Å². The van der Waals surface area contributed by atoms with Gasteiger partial charge in [-0.3, -0.25) is 9.59 Å². The largest absolute Gasteiger partial charge is 0.360 e. The molecule has 0 aliphatic rings. The zero-order valence-corrected chi connectivity index (χ0v) is 14.9. The van der Waals surface area contributed by atoms with Crippen LogP contribution in [0.2, 0.25) is 0 Å². The van der Waals surface area contributed by atoms with Crippen molar-refractivity contribution in [2.24, 2.45) is 0 Å². The number of aryl methyl sites for hydroxylation is 3. The summed E-state index contributed by atoms with van der Waals surface area (Å²) in [6, 6.07) is 1.63. The van der Waals surface area contributed by atoms with Crippen molar-refractivity contribution in [3.63, 3.8) is 0 Å². The number of carbonyl (C=O) groups excluding carboxylic acids is 2. The molecule has 1 atom stereocenters. The molecule has 2 rings (SSSR count). The molecule has 23 heavy (non-hydrogen) atoms. The maximum atomic E-state index is 12.0. The second kappa shape index (κ2) is 7.60. The van der Waals surface area contributed by atoms with Crippen LogP contribution in [0.5, 0.6) is 0 Å². The number of hydrogen-bond donors (Lipinski definition) is 2. The fourth-order valence-electron chi connectivity index (χ4n) is 1.61. The van der Waals surface area contributed by atoms with Gasteiger partial charge in [0.25, 0.3) is 0 Å². The minimum atomic E-state index is -0.391. The number of amides is 2. The molecule has 0 spiro atoms. The van der Waals surface area contributed by atoms with Gasteiger partial charge in [0.15, 0.2) is 10.9 Å². The maximum absolute atomic E-state index is 12.0. The molecule has 2 amide bonds. The lowest BCUT2D eigenvalue weighted by molar-refractivity contribution is -0.115. The molecule has 9 heteroatoms. The third kappa shape index (κ3) is 5.07. The van der Waals surface area contributed by atoms with Gasteiger partial charge in [0, 0.05) is 10.9 Å². The Morgan fingerprint density at radius 3 is 2.65 bits per heavy atom. The van der Waals surface area contributed by atoms with Crippen molar-refractivity contribution in [1.29, 1.82) is 0 Å². The molecule has 0 aliphatic heterocycles. The quantitative estimate of drug-likeness (QED) is 0.828. The molecule has 1 unspecified atom stereocenters. The Balaban J connectivity index is 1.77. The Morgan fingerprint density at radius 2 is 2.09 bits per heavy atom. The summed E-state index contributed by atoms with van der Waals surface area (Å²) in [6.07, 6.45) is 0. The van der Waals surface area contributed by atoms with E-state index in [9.17, 15) is 9.59 Å². The van der Waals surface area contributed by atoms with Gasteiger partial charge in [-0.15, -0.1) is 23.1 Å². The van der Waals surface area contributed by atoms with Crippen LogP contribution in [0.1, 0.15) is 23.3 Å². The average Bonchev–Trinajstić information content (AvgIpc) is 3.02. The SMILES string of the molecule is Cc1cc(NC(=O)C(C)SCC(=O)Nc2nc(C)c(C)s2)no1. The summed E-state index contributed by atoms with van der Waals surface area (Å²) in [5.74, 6) is 0.759. The molecule has 0 saturated carbocycles. The van der Waals surface area contributed by atoms with Crippen LogP contribution < -0.4 is 10.6 Å². The van der Waals surface area contributed by atoms with E-state index in [2.05, 4.69) is 20.8 Å². The minimum Gasteiger partial charge on any atom is -0.360 e. The van der Waals surface area contributed by atoms with Gasteiger partial charge in [-0.2, -0.15) is 0 Å². The first-order valence-corrected chi connectivity index (χ1v) is 8.81. The van der Waals surface area contributed by atoms with E-state index in [-0.39, 0.29) is 17.6 Å². The number of aromatic nitrogens is 2. The number of thioether (sulfide) groups is 1. The van der Waals surface area contributed by atoms with Crippen molar-refractivity contribution in [2.45, 2.75) is 32.9 Å². The van der Waals surface area contributed by atoms with Crippen LogP contribution in [0.4, 0.5) is 10.9 Å². The molecule has 0 saturated heterocycles. The molecular formula is C14H18N4O3S2. The molecule has 0 aliphatic carbocycles. The molecule has 2 N–H and O–H groups in total. The zero-order chi connectivity index (χ0) is 17.0.